The first kappa shape index (κ1) is 19.0. The molecule has 0 saturated carbocycles. The molecule has 0 aromatic rings. The van der Waals surface area contributed by atoms with Gasteiger partial charge < -0.3 is 10.6 Å². The van der Waals surface area contributed by atoms with Gasteiger partial charge in [0.15, 0.2) is 5.96 Å². The molecule has 0 amide bonds. The summed E-state index contributed by atoms with van der Waals surface area (Å²) < 4.78 is 24.5. The topological polar surface area (TPSA) is 79.0 Å². The average molecular weight is 430 g/mol. The van der Waals surface area contributed by atoms with Crippen LogP contribution in [-0.4, -0.2) is 62.6 Å². The number of nitrogens with zero attached hydrogens (tertiary/aromatic N) is 3. The molecule has 21 heavy (non-hydrogen) atoms. The number of likely N-dealkylation sites (tertiary alicyclic amines) is 1. The van der Waals surface area contributed by atoms with E-state index in [-0.39, 0.29) is 24.0 Å². The Bertz CT molecular complexity index is 447. The Morgan fingerprint density at radius 3 is 2.33 bits per heavy atom. The first-order valence-electron chi connectivity index (χ1n) is 7.47. The molecule has 2 fully saturated rings. The van der Waals surface area contributed by atoms with Crippen molar-refractivity contribution in [1.82, 2.24) is 9.21 Å². The van der Waals surface area contributed by atoms with Gasteiger partial charge >= 0.3 is 0 Å². The van der Waals surface area contributed by atoms with Crippen molar-refractivity contribution < 1.29 is 8.42 Å². The van der Waals surface area contributed by atoms with E-state index >= 15 is 0 Å². The summed E-state index contributed by atoms with van der Waals surface area (Å²) >= 11 is 0. The predicted molar refractivity (Wildman–Crippen MR) is 96.5 cm³/mol. The Kier molecular flexibility index (Phi) is 7.69. The Morgan fingerprint density at radius 1 is 1.19 bits per heavy atom. The summed E-state index contributed by atoms with van der Waals surface area (Å²) in [6.07, 6.45) is 7.06. The second-order valence-electron chi connectivity index (χ2n) is 5.88. The van der Waals surface area contributed by atoms with Crippen molar-refractivity contribution in [1.29, 1.82) is 0 Å². The number of sulfonamides is 1. The number of aliphatic imine (C=N–C) groups is 1. The second-order valence-corrected chi connectivity index (χ2v) is 7.86. The highest BCUT2D eigenvalue weighted by atomic mass is 127. The molecular weight excluding hydrogens is 403 g/mol. The van der Waals surface area contributed by atoms with E-state index in [0.29, 0.717) is 31.5 Å². The molecule has 2 N–H and O–H groups in total. The summed E-state index contributed by atoms with van der Waals surface area (Å²) in [6.45, 7) is 3.82. The van der Waals surface area contributed by atoms with Gasteiger partial charge in [-0.1, -0.05) is 12.8 Å². The number of halogens is 1. The predicted octanol–water partition coefficient (Wildman–Crippen LogP) is 1.08. The van der Waals surface area contributed by atoms with E-state index in [1.165, 1.54) is 36.2 Å². The van der Waals surface area contributed by atoms with Gasteiger partial charge in [-0.05, 0) is 25.2 Å². The average Bonchev–Trinajstić information content (AvgIpc) is 2.70. The molecule has 2 heterocycles. The molecule has 0 spiro atoms. The number of hydrogen-bond acceptors (Lipinski definition) is 3. The van der Waals surface area contributed by atoms with Crippen LogP contribution in [0.5, 0.6) is 0 Å². The van der Waals surface area contributed by atoms with Crippen molar-refractivity contribution in [2.75, 3.05) is 39.0 Å². The lowest BCUT2D eigenvalue weighted by atomic mass is 10.1. The summed E-state index contributed by atoms with van der Waals surface area (Å²) in [5.74, 6) is 0.931. The Hall–Kier alpha value is -0.0900. The van der Waals surface area contributed by atoms with Gasteiger partial charge in [-0.2, -0.15) is 0 Å². The van der Waals surface area contributed by atoms with Crippen molar-refractivity contribution in [2.45, 2.75) is 32.1 Å². The van der Waals surface area contributed by atoms with Gasteiger partial charge in [-0.15, -0.1) is 24.0 Å². The van der Waals surface area contributed by atoms with E-state index in [0.717, 1.165) is 19.5 Å². The quantitative estimate of drug-likeness (QED) is 0.413. The summed E-state index contributed by atoms with van der Waals surface area (Å²) in [4.78, 5) is 6.65. The molecule has 1 unspecified atom stereocenters. The van der Waals surface area contributed by atoms with Crippen molar-refractivity contribution >= 4 is 40.0 Å². The minimum absolute atomic E-state index is 0. The summed E-state index contributed by atoms with van der Waals surface area (Å²) in [6, 6.07) is 0. The van der Waals surface area contributed by atoms with Gasteiger partial charge in [0.25, 0.3) is 0 Å². The molecule has 2 rings (SSSR count). The van der Waals surface area contributed by atoms with Crippen LogP contribution in [-0.2, 0) is 10.0 Å². The number of guanidine groups is 1. The monoisotopic (exact) mass is 430 g/mol. The van der Waals surface area contributed by atoms with Crippen LogP contribution in [0, 0.1) is 5.92 Å². The van der Waals surface area contributed by atoms with Crippen LogP contribution in [0.1, 0.15) is 32.1 Å². The maximum atomic E-state index is 11.5. The Labute approximate surface area is 145 Å². The zero-order valence-electron chi connectivity index (χ0n) is 12.7. The highest BCUT2D eigenvalue weighted by Gasteiger charge is 2.28. The van der Waals surface area contributed by atoms with Crippen LogP contribution >= 0.6 is 24.0 Å². The highest BCUT2D eigenvalue weighted by Crippen LogP contribution is 2.19. The summed E-state index contributed by atoms with van der Waals surface area (Å²) in [5, 5.41) is 0. The molecule has 6 nitrogen and oxygen atoms in total. The van der Waals surface area contributed by atoms with E-state index in [1.807, 2.05) is 0 Å². The minimum Gasteiger partial charge on any atom is -0.370 e. The van der Waals surface area contributed by atoms with Gasteiger partial charge in [0.2, 0.25) is 10.0 Å². The fraction of sp³-hybridized carbons (Fsp3) is 0.923. The van der Waals surface area contributed by atoms with E-state index in [1.54, 1.807) is 0 Å². The first-order chi connectivity index (χ1) is 9.47. The normalized spacial score (nSPS) is 25.5. The van der Waals surface area contributed by atoms with Crippen molar-refractivity contribution in [3.05, 3.63) is 0 Å². The van der Waals surface area contributed by atoms with Crippen LogP contribution in [0.2, 0.25) is 0 Å². The molecule has 2 aliphatic heterocycles. The number of nitrogens with two attached hydrogens (primary N) is 1. The third-order valence-corrected chi connectivity index (χ3v) is 5.43. The fourth-order valence-electron chi connectivity index (χ4n) is 2.87. The highest BCUT2D eigenvalue weighted by molar-refractivity contribution is 14.0. The third kappa shape index (κ3) is 5.90. The molecule has 124 valence electrons. The lowest BCUT2D eigenvalue weighted by molar-refractivity contribution is 0.424. The zero-order valence-corrected chi connectivity index (χ0v) is 15.8. The van der Waals surface area contributed by atoms with E-state index in [4.69, 9.17) is 5.73 Å². The second kappa shape index (κ2) is 8.52. The smallest absolute Gasteiger partial charge is 0.211 e. The zero-order chi connectivity index (χ0) is 14.6. The molecule has 0 aromatic heterocycles. The molecule has 8 heteroatoms. The van der Waals surface area contributed by atoms with Crippen LogP contribution in [0.4, 0.5) is 0 Å². The summed E-state index contributed by atoms with van der Waals surface area (Å²) in [5.41, 5.74) is 6.06. The van der Waals surface area contributed by atoms with Gasteiger partial charge in [-0.25, -0.2) is 12.7 Å². The van der Waals surface area contributed by atoms with E-state index in [2.05, 4.69) is 9.89 Å². The van der Waals surface area contributed by atoms with Crippen molar-refractivity contribution in [3.8, 4) is 0 Å². The fourth-order valence-corrected chi connectivity index (χ4v) is 3.79. The van der Waals surface area contributed by atoms with Gasteiger partial charge in [0.1, 0.15) is 0 Å². The molecule has 0 aromatic carbocycles. The number of rotatable bonds is 3. The minimum atomic E-state index is -3.06. The molecule has 1 atom stereocenters. The van der Waals surface area contributed by atoms with Crippen LogP contribution in [0.15, 0.2) is 4.99 Å². The van der Waals surface area contributed by atoms with Gasteiger partial charge in [0, 0.05) is 32.7 Å². The maximum absolute atomic E-state index is 11.5. The third-order valence-electron chi connectivity index (χ3n) is 4.16. The van der Waals surface area contributed by atoms with Crippen LogP contribution < -0.4 is 5.73 Å². The van der Waals surface area contributed by atoms with Gasteiger partial charge in [-0.3, -0.25) is 4.99 Å². The first-order valence-corrected chi connectivity index (χ1v) is 9.31. The van der Waals surface area contributed by atoms with Crippen molar-refractivity contribution in [2.24, 2.45) is 16.6 Å². The molecule has 0 radical (unpaired) electrons. The lowest BCUT2D eigenvalue weighted by Gasteiger charge is -2.21. The molecule has 2 aliphatic rings. The Morgan fingerprint density at radius 2 is 1.81 bits per heavy atom. The standard InChI is InChI=1S/C13H26N4O2S.HI/c1-20(18,19)17-9-6-12(11-17)10-15-13(14)16-7-4-2-3-5-8-16;/h12H,2-11H2,1H3,(H2,14,15);1H. The lowest BCUT2D eigenvalue weighted by Crippen LogP contribution is -2.38. The van der Waals surface area contributed by atoms with E-state index in [9.17, 15) is 8.42 Å². The Balaban J connectivity index is 0.00000220. The number of hydrogen-bond donors (Lipinski definition) is 1. The molecular formula is C13H27IN4O2S. The SMILES string of the molecule is CS(=O)(=O)N1CCC(CN=C(N)N2CCCCCC2)C1.I. The molecule has 2 saturated heterocycles. The largest absolute Gasteiger partial charge is 0.370 e. The van der Waals surface area contributed by atoms with Crippen molar-refractivity contribution in [3.63, 3.8) is 0 Å². The maximum Gasteiger partial charge on any atom is 0.211 e. The summed E-state index contributed by atoms with van der Waals surface area (Å²) in [7, 11) is -3.06. The van der Waals surface area contributed by atoms with Crippen LogP contribution in [0.25, 0.3) is 0 Å². The molecule has 0 aliphatic carbocycles. The van der Waals surface area contributed by atoms with E-state index < -0.39 is 10.0 Å². The van der Waals surface area contributed by atoms with Crippen LogP contribution in [0.3, 0.4) is 0 Å². The molecule has 0 bridgehead atoms. The van der Waals surface area contributed by atoms with Gasteiger partial charge in [0.05, 0.1) is 6.26 Å².